The molecule has 1 N–H and O–H groups in total. The Hall–Kier alpha value is -3.47. The van der Waals surface area contributed by atoms with Gasteiger partial charge in [-0.25, -0.2) is 0 Å². The molecule has 0 spiro atoms. The summed E-state index contributed by atoms with van der Waals surface area (Å²) in [5, 5.41) is 10.4. The molecule has 1 aliphatic rings. The lowest BCUT2D eigenvalue weighted by atomic mass is 9.95. The molecule has 1 aromatic heterocycles. The summed E-state index contributed by atoms with van der Waals surface area (Å²) >= 11 is 1.02. The number of ether oxygens (including phenoxy) is 5. The molecule has 1 atom stereocenters. The van der Waals surface area contributed by atoms with Crippen LogP contribution in [-0.4, -0.2) is 44.0 Å². The van der Waals surface area contributed by atoms with Crippen LogP contribution in [0.5, 0.6) is 28.7 Å². The standard InChI is InChI=1S/C25H25NO8S/c1-29-14-33-35-18-9-19(27)25-20(28)11-22(34-24(25)10-18)15-4-7-21(31-3)23(8-15)32-13-16-5-6-17(30-2)12-26-16/h4-10,12,22,27H,11,13-14H2,1-3H3. The van der Waals surface area contributed by atoms with Crippen molar-refractivity contribution in [1.29, 1.82) is 0 Å². The molecule has 1 aliphatic heterocycles. The number of benzene rings is 2. The molecular formula is C25H25NO8S. The maximum Gasteiger partial charge on any atom is 0.174 e. The molecule has 10 heteroatoms. The van der Waals surface area contributed by atoms with Crippen LogP contribution in [0.1, 0.15) is 34.1 Å². The number of hydrogen-bond donors (Lipinski definition) is 1. The van der Waals surface area contributed by atoms with Crippen LogP contribution in [0.25, 0.3) is 0 Å². The van der Waals surface area contributed by atoms with Crippen molar-refractivity contribution in [3.05, 3.63) is 65.5 Å². The first-order valence-corrected chi connectivity index (χ1v) is 11.4. The highest BCUT2D eigenvalue weighted by Gasteiger charge is 2.31. The maximum atomic E-state index is 12.9. The summed E-state index contributed by atoms with van der Waals surface area (Å²) in [6.45, 7) is 0.290. The second-order valence-corrected chi connectivity index (χ2v) is 8.42. The Balaban J connectivity index is 1.54. The minimum Gasteiger partial charge on any atom is -0.507 e. The molecule has 35 heavy (non-hydrogen) atoms. The highest BCUT2D eigenvalue weighted by Crippen LogP contribution is 2.43. The molecule has 0 aliphatic carbocycles. The molecule has 184 valence electrons. The number of phenols is 1. The topological polar surface area (TPSA) is 106 Å². The summed E-state index contributed by atoms with van der Waals surface area (Å²) < 4.78 is 32.8. The zero-order valence-electron chi connectivity index (χ0n) is 19.5. The highest BCUT2D eigenvalue weighted by atomic mass is 32.2. The molecule has 9 nitrogen and oxygen atoms in total. The van der Waals surface area contributed by atoms with E-state index in [4.69, 9.17) is 27.9 Å². The molecule has 0 amide bonds. The third-order valence-electron chi connectivity index (χ3n) is 5.26. The first kappa shape index (κ1) is 24.6. The molecule has 4 rings (SSSR count). The number of aromatic nitrogens is 1. The number of pyridine rings is 1. The normalized spacial score (nSPS) is 14.7. The molecule has 0 bridgehead atoms. The lowest BCUT2D eigenvalue weighted by Crippen LogP contribution is -2.20. The number of phenolic OH excluding ortho intramolecular Hbond substituents is 1. The van der Waals surface area contributed by atoms with E-state index in [2.05, 4.69) is 4.98 Å². The van der Waals surface area contributed by atoms with E-state index in [-0.39, 0.29) is 42.7 Å². The van der Waals surface area contributed by atoms with Crippen LogP contribution in [0.15, 0.2) is 53.6 Å². The van der Waals surface area contributed by atoms with Crippen LogP contribution in [-0.2, 0) is 15.5 Å². The molecule has 0 saturated carbocycles. The minimum absolute atomic E-state index is 0.0685. The van der Waals surface area contributed by atoms with Crippen LogP contribution < -0.4 is 18.9 Å². The van der Waals surface area contributed by atoms with Crippen LogP contribution in [0.2, 0.25) is 0 Å². The number of rotatable bonds is 10. The van der Waals surface area contributed by atoms with E-state index in [1.54, 1.807) is 44.7 Å². The van der Waals surface area contributed by atoms with Crippen molar-refractivity contribution in [2.75, 3.05) is 28.1 Å². The number of ketones is 1. The van der Waals surface area contributed by atoms with Gasteiger partial charge in [-0.15, -0.1) is 0 Å². The number of carbonyl (C=O) groups excluding carboxylic acids is 1. The smallest absolute Gasteiger partial charge is 0.174 e. The van der Waals surface area contributed by atoms with Gasteiger partial charge in [0.2, 0.25) is 0 Å². The second kappa shape index (κ2) is 11.3. The van der Waals surface area contributed by atoms with Gasteiger partial charge in [0.1, 0.15) is 35.5 Å². The number of fused-ring (bicyclic) bond motifs is 1. The van der Waals surface area contributed by atoms with E-state index in [0.29, 0.717) is 27.8 Å². The summed E-state index contributed by atoms with van der Waals surface area (Å²) in [6.07, 6.45) is 1.12. The number of carbonyl (C=O) groups is 1. The van der Waals surface area contributed by atoms with E-state index < -0.39 is 6.10 Å². The molecule has 2 aromatic carbocycles. The van der Waals surface area contributed by atoms with Gasteiger partial charge in [-0.3, -0.25) is 14.0 Å². The Labute approximate surface area is 207 Å². The first-order chi connectivity index (χ1) is 17.0. The van der Waals surface area contributed by atoms with Crippen LogP contribution in [0, 0.1) is 0 Å². The largest absolute Gasteiger partial charge is 0.507 e. The lowest BCUT2D eigenvalue weighted by Gasteiger charge is -2.27. The average Bonchev–Trinajstić information content (AvgIpc) is 2.87. The van der Waals surface area contributed by atoms with E-state index in [9.17, 15) is 9.90 Å². The number of hydrogen-bond acceptors (Lipinski definition) is 10. The zero-order valence-corrected chi connectivity index (χ0v) is 20.3. The number of Topliss-reactive ketones (excluding diaryl/α,β-unsaturated/α-hetero) is 1. The molecule has 0 fully saturated rings. The van der Waals surface area contributed by atoms with Gasteiger partial charge < -0.3 is 28.8 Å². The average molecular weight is 500 g/mol. The predicted molar refractivity (Wildman–Crippen MR) is 127 cm³/mol. The molecule has 1 unspecified atom stereocenters. The van der Waals surface area contributed by atoms with E-state index in [1.165, 1.54) is 13.2 Å². The van der Waals surface area contributed by atoms with Crippen molar-refractivity contribution in [3.8, 4) is 28.7 Å². The Morgan fingerprint density at radius 3 is 2.66 bits per heavy atom. The Morgan fingerprint density at radius 2 is 1.94 bits per heavy atom. The second-order valence-electron chi connectivity index (χ2n) is 7.55. The molecular weight excluding hydrogens is 474 g/mol. The Morgan fingerprint density at radius 1 is 1.09 bits per heavy atom. The van der Waals surface area contributed by atoms with Gasteiger partial charge in [0.25, 0.3) is 0 Å². The van der Waals surface area contributed by atoms with Crippen molar-refractivity contribution in [2.24, 2.45) is 0 Å². The number of methoxy groups -OCH3 is 3. The highest BCUT2D eigenvalue weighted by molar-refractivity contribution is 7.94. The van der Waals surface area contributed by atoms with Gasteiger partial charge in [-0.1, -0.05) is 6.07 Å². The molecule has 0 radical (unpaired) electrons. The third kappa shape index (κ3) is 5.79. The van der Waals surface area contributed by atoms with Gasteiger partial charge >= 0.3 is 0 Å². The van der Waals surface area contributed by atoms with Crippen molar-refractivity contribution in [2.45, 2.75) is 24.0 Å². The molecule has 2 heterocycles. The fraction of sp³-hybridized carbons (Fsp3) is 0.280. The lowest BCUT2D eigenvalue weighted by molar-refractivity contribution is 0.0668. The van der Waals surface area contributed by atoms with Crippen molar-refractivity contribution >= 4 is 17.8 Å². The maximum absolute atomic E-state index is 12.9. The number of aromatic hydroxyl groups is 1. The van der Waals surface area contributed by atoms with Gasteiger partial charge in [0.05, 0.1) is 32.5 Å². The minimum atomic E-state index is -0.568. The van der Waals surface area contributed by atoms with Gasteiger partial charge in [-0.05, 0) is 42.0 Å². The summed E-state index contributed by atoms with van der Waals surface area (Å²) in [7, 11) is 4.64. The van der Waals surface area contributed by atoms with Crippen molar-refractivity contribution in [3.63, 3.8) is 0 Å². The van der Waals surface area contributed by atoms with E-state index in [1.807, 2.05) is 12.1 Å². The quantitative estimate of drug-likeness (QED) is 0.239. The SMILES string of the molecule is COCOSc1cc(O)c2c(c1)OC(c1ccc(OC)c(OCc3ccc(OC)cn3)c1)CC2=O. The third-order valence-corrected chi connectivity index (χ3v) is 5.91. The first-order valence-electron chi connectivity index (χ1n) is 10.7. The Kier molecular flexibility index (Phi) is 7.96. The van der Waals surface area contributed by atoms with Crippen molar-refractivity contribution in [1.82, 2.24) is 4.98 Å². The monoisotopic (exact) mass is 499 g/mol. The van der Waals surface area contributed by atoms with Crippen LogP contribution in [0.4, 0.5) is 0 Å². The zero-order chi connectivity index (χ0) is 24.8. The van der Waals surface area contributed by atoms with Gasteiger partial charge in [-0.2, -0.15) is 0 Å². The van der Waals surface area contributed by atoms with Crippen LogP contribution >= 0.6 is 12.0 Å². The summed E-state index contributed by atoms with van der Waals surface area (Å²) in [5.41, 5.74) is 1.61. The molecule has 0 saturated heterocycles. The van der Waals surface area contributed by atoms with Gasteiger partial charge in [0.15, 0.2) is 24.1 Å². The van der Waals surface area contributed by atoms with Gasteiger partial charge in [0, 0.05) is 24.0 Å². The fourth-order valence-electron chi connectivity index (χ4n) is 3.56. The predicted octanol–water partition coefficient (Wildman–Crippen LogP) is 4.72. The van der Waals surface area contributed by atoms with Crippen molar-refractivity contribution < 1.29 is 37.8 Å². The molecule has 3 aromatic rings. The summed E-state index contributed by atoms with van der Waals surface area (Å²) in [6, 6.07) is 12.1. The Bertz CT molecular complexity index is 1180. The number of nitrogens with zero attached hydrogens (tertiary/aromatic N) is 1. The summed E-state index contributed by atoms with van der Waals surface area (Å²) in [4.78, 5) is 17.7. The van der Waals surface area contributed by atoms with E-state index >= 15 is 0 Å². The summed E-state index contributed by atoms with van der Waals surface area (Å²) in [5.74, 6) is 1.60. The van der Waals surface area contributed by atoms with E-state index in [0.717, 1.165) is 17.6 Å². The van der Waals surface area contributed by atoms with Crippen LogP contribution in [0.3, 0.4) is 0 Å². The fourth-order valence-corrected chi connectivity index (χ4v) is 4.16.